The number of rotatable bonds is 3. The van der Waals surface area contributed by atoms with Gasteiger partial charge in [0, 0.05) is 18.8 Å². The predicted molar refractivity (Wildman–Crippen MR) is 80.5 cm³/mol. The fourth-order valence-electron chi connectivity index (χ4n) is 1.75. The van der Waals surface area contributed by atoms with Crippen LogP contribution < -0.4 is 15.8 Å². The van der Waals surface area contributed by atoms with E-state index < -0.39 is 0 Å². The number of carbonyl (C=O) groups excluding carboxylic acids is 1. The summed E-state index contributed by atoms with van der Waals surface area (Å²) >= 11 is 6.09. The summed E-state index contributed by atoms with van der Waals surface area (Å²) in [5, 5.41) is 3.03. The molecule has 1 amide bonds. The average molecular weight is 291 g/mol. The molecule has 2 rings (SSSR count). The minimum atomic E-state index is -0.247. The number of benzene rings is 2. The van der Waals surface area contributed by atoms with Crippen LogP contribution in [0.5, 0.6) is 11.5 Å². The van der Waals surface area contributed by atoms with Gasteiger partial charge in [0.1, 0.15) is 11.5 Å². The summed E-state index contributed by atoms with van der Waals surface area (Å²) in [7, 11) is 1.56. The SMILES string of the molecule is CNC(=O)c1ccc(N)cc1Oc1cc(C)ccc1Cl. The zero-order valence-corrected chi connectivity index (χ0v) is 12.0. The number of anilines is 1. The van der Waals surface area contributed by atoms with Crippen LogP contribution in [-0.2, 0) is 0 Å². The van der Waals surface area contributed by atoms with Crippen molar-refractivity contribution in [3.63, 3.8) is 0 Å². The molecule has 2 aromatic rings. The van der Waals surface area contributed by atoms with Crippen LogP contribution in [-0.4, -0.2) is 13.0 Å². The highest BCUT2D eigenvalue weighted by Crippen LogP contribution is 2.33. The first kappa shape index (κ1) is 14.2. The van der Waals surface area contributed by atoms with Crippen LogP contribution in [0.1, 0.15) is 15.9 Å². The van der Waals surface area contributed by atoms with Crippen LogP contribution in [0.2, 0.25) is 5.02 Å². The van der Waals surface area contributed by atoms with Crippen molar-refractivity contribution in [2.24, 2.45) is 0 Å². The van der Waals surface area contributed by atoms with Crippen molar-refractivity contribution >= 4 is 23.2 Å². The summed E-state index contributed by atoms with van der Waals surface area (Å²) in [5.41, 5.74) is 7.67. The molecule has 0 aliphatic carbocycles. The molecule has 0 unspecified atom stereocenters. The number of halogens is 1. The standard InChI is InChI=1S/C15H15ClN2O2/c1-9-3-6-12(16)14(7-9)20-13-8-10(17)4-5-11(13)15(19)18-2/h3-8H,17H2,1-2H3,(H,18,19). The topological polar surface area (TPSA) is 64.4 Å². The van der Waals surface area contributed by atoms with Crippen molar-refractivity contribution in [2.45, 2.75) is 6.92 Å². The van der Waals surface area contributed by atoms with Gasteiger partial charge in [-0.3, -0.25) is 4.79 Å². The second-order valence-electron chi connectivity index (χ2n) is 4.37. The lowest BCUT2D eigenvalue weighted by molar-refractivity contribution is 0.0961. The van der Waals surface area contributed by atoms with E-state index in [0.29, 0.717) is 27.8 Å². The Bertz CT molecular complexity index is 656. The van der Waals surface area contributed by atoms with E-state index in [1.165, 1.54) is 0 Å². The van der Waals surface area contributed by atoms with E-state index >= 15 is 0 Å². The lowest BCUT2D eigenvalue weighted by atomic mass is 10.1. The largest absolute Gasteiger partial charge is 0.455 e. The molecule has 0 bridgehead atoms. The molecule has 0 radical (unpaired) electrons. The van der Waals surface area contributed by atoms with Crippen LogP contribution in [0.3, 0.4) is 0 Å². The van der Waals surface area contributed by atoms with Crippen LogP contribution in [0.25, 0.3) is 0 Å². The quantitative estimate of drug-likeness (QED) is 0.852. The number of hydrogen-bond donors (Lipinski definition) is 2. The van der Waals surface area contributed by atoms with Gasteiger partial charge in [-0.05, 0) is 36.8 Å². The van der Waals surface area contributed by atoms with E-state index in [9.17, 15) is 4.79 Å². The van der Waals surface area contributed by atoms with Gasteiger partial charge in [-0.15, -0.1) is 0 Å². The summed E-state index contributed by atoms with van der Waals surface area (Å²) in [6.45, 7) is 1.93. The zero-order valence-electron chi connectivity index (χ0n) is 11.2. The van der Waals surface area contributed by atoms with Crippen LogP contribution >= 0.6 is 11.6 Å². The lowest BCUT2D eigenvalue weighted by Gasteiger charge is -2.12. The smallest absolute Gasteiger partial charge is 0.254 e. The highest BCUT2D eigenvalue weighted by molar-refractivity contribution is 6.32. The summed E-state index contributed by atoms with van der Waals surface area (Å²) in [6, 6.07) is 10.3. The Kier molecular flexibility index (Phi) is 4.15. The van der Waals surface area contributed by atoms with Crippen molar-refractivity contribution in [2.75, 3.05) is 12.8 Å². The van der Waals surface area contributed by atoms with Crippen LogP contribution in [0, 0.1) is 6.92 Å². The van der Waals surface area contributed by atoms with E-state index in [0.717, 1.165) is 5.56 Å². The molecular weight excluding hydrogens is 276 g/mol. The molecule has 0 aliphatic heterocycles. The molecule has 0 heterocycles. The maximum Gasteiger partial charge on any atom is 0.254 e. The first-order valence-electron chi connectivity index (χ1n) is 6.07. The Morgan fingerprint density at radius 3 is 2.65 bits per heavy atom. The number of nitrogens with two attached hydrogens (primary N) is 1. The molecule has 0 aromatic heterocycles. The van der Waals surface area contributed by atoms with Gasteiger partial charge in [-0.1, -0.05) is 17.7 Å². The molecular formula is C15H15ClN2O2. The normalized spacial score (nSPS) is 10.2. The monoisotopic (exact) mass is 290 g/mol. The summed E-state index contributed by atoms with van der Waals surface area (Å²) in [5.74, 6) is 0.614. The minimum absolute atomic E-state index is 0.247. The zero-order chi connectivity index (χ0) is 14.7. The third kappa shape index (κ3) is 3.03. The first-order chi connectivity index (χ1) is 9.51. The molecule has 0 saturated carbocycles. The molecule has 104 valence electrons. The summed E-state index contributed by atoms with van der Waals surface area (Å²) < 4.78 is 5.75. The van der Waals surface area contributed by atoms with Gasteiger partial charge >= 0.3 is 0 Å². The number of ether oxygens (including phenoxy) is 1. The maximum atomic E-state index is 11.8. The summed E-state index contributed by atoms with van der Waals surface area (Å²) in [6.07, 6.45) is 0. The number of nitrogen functional groups attached to an aromatic ring is 1. The van der Waals surface area contributed by atoms with Crippen molar-refractivity contribution in [1.29, 1.82) is 0 Å². The van der Waals surface area contributed by atoms with Gasteiger partial charge in [0.2, 0.25) is 0 Å². The van der Waals surface area contributed by atoms with Crippen LogP contribution in [0.15, 0.2) is 36.4 Å². The third-order valence-electron chi connectivity index (χ3n) is 2.78. The molecule has 0 aliphatic rings. The molecule has 2 aromatic carbocycles. The molecule has 0 fully saturated rings. The fraction of sp³-hybridized carbons (Fsp3) is 0.133. The molecule has 4 nitrogen and oxygen atoms in total. The van der Waals surface area contributed by atoms with Gasteiger partial charge in [0.05, 0.1) is 10.6 Å². The highest BCUT2D eigenvalue weighted by Gasteiger charge is 2.13. The third-order valence-corrected chi connectivity index (χ3v) is 3.10. The molecule has 3 N–H and O–H groups in total. The Labute approximate surface area is 122 Å². The summed E-state index contributed by atoms with van der Waals surface area (Å²) in [4.78, 5) is 11.8. The second kappa shape index (κ2) is 5.84. The average Bonchev–Trinajstić information content (AvgIpc) is 2.42. The molecule has 0 atom stereocenters. The Balaban J connectivity index is 2.44. The number of aryl methyl sites for hydroxylation is 1. The Morgan fingerprint density at radius 1 is 1.20 bits per heavy atom. The number of hydrogen-bond acceptors (Lipinski definition) is 3. The Morgan fingerprint density at radius 2 is 1.95 bits per heavy atom. The van der Waals surface area contributed by atoms with Gasteiger partial charge in [0.15, 0.2) is 0 Å². The minimum Gasteiger partial charge on any atom is -0.455 e. The maximum absolute atomic E-state index is 11.8. The van der Waals surface area contributed by atoms with E-state index in [1.54, 1.807) is 37.4 Å². The number of amides is 1. The lowest BCUT2D eigenvalue weighted by Crippen LogP contribution is -2.18. The van der Waals surface area contributed by atoms with E-state index in [1.807, 2.05) is 13.0 Å². The molecule has 5 heteroatoms. The second-order valence-corrected chi connectivity index (χ2v) is 4.78. The highest BCUT2D eigenvalue weighted by atomic mass is 35.5. The van der Waals surface area contributed by atoms with E-state index in [-0.39, 0.29) is 5.91 Å². The van der Waals surface area contributed by atoms with E-state index in [4.69, 9.17) is 22.1 Å². The number of nitrogens with one attached hydrogen (secondary N) is 1. The Hall–Kier alpha value is -2.20. The van der Waals surface area contributed by atoms with Gasteiger partial charge in [-0.2, -0.15) is 0 Å². The van der Waals surface area contributed by atoms with Crippen molar-refractivity contribution in [1.82, 2.24) is 5.32 Å². The first-order valence-corrected chi connectivity index (χ1v) is 6.44. The van der Waals surface area contributed by atoms with Crippen molar-refractivity contribution in [3.8, 4) is 11.5 Å². The van der Waals surface area contributed by atoms with Crippen molar-refractivity contribution < 1.29 is 9.53 Å². The van der Waals surface area contributed by atoms with E-state index in [2.05, 4.69) is 5.32 Å². The van der Waals surface area contributed by atoms with Gasteiger partial charge in [-0.25, -0.2) is 0 Å². The predicted octanol–water partition coefficient (Wildman–Crippen LogP) is 3.38. The molecule has 20 heavy (non-hydrogen) atoms. The fourth-order valence-corrected chi connectivity index (χ4v) is 1.91. The molecule has 0 saturated heterocycles. The number of carbonyl (C=O) groups is 1. The van der Waals surface area contributed by atoms with Crippen molar-refractivity contribution in [3.05, 3.63) is 52.5 Å². The molecule has 0 spiro atoms. The van der Waals surface area contributed by atoms with Gasteiger partial charge in [0.25, 0.3) is 5.91 Å². The van der Waals surface area contributed by atoms with Gasteiger partial charge < -0.3 is 15.8 Å². The van der Waals surface area contributed by atoms with Crippen LogP contribution in [0.4, 0.5) is 5.69 Å².